The van der Waals surface area contributed by atoms with E-state index in [2.05, 4.69) is 32.5 Å². The molecule has 2 aromatic carbocycles. The SMILES string of the molecule is C=CC(=O)Nc1cccc(Nc2nc(Nc3ccc(OC)c4c3CCN(C(C)=O)C4)ncc2C(F)(F)F)c1. The number of benzene rings is 2. The van der Waals surface area contributed by atoms with Gasteiger partial charge in [-0.05, 0) is 48.4 Å². The summed E-state index contributed by atoms with van der Waals surface area (Å²) < 4.78 is 46.7. The number of fused-ring (bicyclic) bond motifs is 1. The number of hydrogen-bond acceptors (Lipinski definition) is 7. The standard InChI is InChI=1S/C26H25F3N6O3/c1-4-23(37)31-16-6-5-7-17(12-16)32-24-20(26(27,28)29)13-30-25(34-24)33-21-8-9-22(38-3)19-14-35(15(2)36)11-10-18(19)21/h4-9,12-13H,1,10-11,14H2,2-3H3,(H,31,37)(H2,30,32,33,34). The molecule has 0 fully saturated rings. The maximum absolute atomic E-state index is 13.8. The van der Waals surface area contributed by atoms with Crippen molar-refractivity contribution in [1.29, 1.82) is 0 Å². The first-order chi connectivity index (χ1) is 18.1. The van der Waals surface area contributed by atoms with Gasteiger partial charge in [0.25, 0.3) is 0 Å². The molecule has 3 N–H and O–H groups in total. The van der Waals surface area contributed by atoms with E-state index in [0.29, 0.717) is 42.8 Å². The second kappa shape index (κ2) is 10.8. The average molecular weight is 527 g/mol. The van der Waals surface area contributed by atoms with Crippen LogP contribution in [0, 0.1) is 0 Å². The first-order valence-corrected chi connectivity index (χ1v) is 11.5. The molecule has 38 heavy (non-hydrogen) atoms. The summed E-state index contributed by atoms with van der Waals surface area (Å²) in [6.07, 6.45) is -2.41. The molecule has 0 saturated heterocycles. The van der Waals surface area contributed by atoms with Gasteiger partial charge in [0.05, 0.1) is 7.11 Å². The summed E-state index contributed by atoms with van der Waals surface area (Å²) in [5, 5.41) is 8.26. The molecule has 12 heteroatoms. The summed E-state index contributed by atoms with van der Waals surface area (Å²) >= 11 is 0. The fourth-order valence-electron chi connectivity index (χ4n) is 4.09. The van der Waals surface area contributed by atoms with Crippen LogP contribution in [0.2, 0.25) is 0 Å². The van der Waals surface area contributed by atoms with Crippen molar-refractivity contribution in [1.82, 2.24) is 14.9 Å². The van der Waals surface area contributed by atoms with E-state index in [-0.39, 0.29) is 17.5 Å². The Morgan fingerprint density at radius 1 is 1.13 bits per heavy atom. The van der Waals surface area contributed by atoms with E-state index in [0.717, 1.165) is 17.2 Å². The predicted molar refractivity (Wildman–Crippen MR) is 137 cm³/mol. The number of alkyl halides is 3. The number of carbonyl (C=O) groups excluding carboxylic acids is 2. The first kappa shape index (κ1) is 26.5. The van der Waals surface area contributed by atoms with E-state index in [1.165, 1.54) is 20.1 Å². The molecule has 0 unspecified atom stereocenters. The monoisotopic (exact) mass is 526 g/mol. The topological polar surface area (TPSA) is 108 Å². The number of carbonyl (C=O) groups is 2. The number of methoxy groups -OCH3 is 1. The second-order valence-electron chi connectivity index (χ2n) is 8.44. The van der Waals surface area contributed by atoms with E-state index in [1.54, 1.807) is 35.2 Å². The summed E-state index contributed by atoms with van der Waals surface area (Å²) in [4.78, 5) is 33.2. The number of hydrogen-bond donors (Lipinski definition) is 3. The van der Waals surface area contributed by atoms with Gasteiger partial charge >= 0.3 is 6.18 Å². The maximum atomic E-state index is 13.8. The van der Waals surface area contributed by atoms with Gasteiger partial charge in [0.2, 0.25) is 17.8 Å². The van der Waals surface area contributed by atoms with Crippen LogP contribution in [0.3, 0.4) is 0 Å². The van der Waals surface area contributed by atoms with Gasteiger partial charge < -0.3 is 25.6 Å². The molecule has 1 aromatic heterocycles. The lowest BCUT2D eigenvalue weighted by Gasteiger charge is -2.30. The summed E-state index contributed by atoms with van der Waals surface area (Å²) in [5.74, 6) is -0.437. The molecule has 1 aliphatic heterocycles. The van der Waals surface area contributed by atoms with E-state index in [4.69, 9.17) is 4.74 Å². The van der Waals surface area contributed by atoms with E-state index in [1.807, 2.05) is 0 Å². The van der Waals surface area contributed by atoms with Crippen molar-refractivity contribution in [2.24, 2.45) is 0 Å². The molecule has 3 aromatic rings. The van der Waals surface area contributed by atoms with Crippen molar-refractivity contribution in [3.63, 3.8) is 0 Å². The molecule has 0 aliphatic carbocycles. The minimum atomic E-state index is -4.72. The smallest absolute Gasteiger partial charge is 0.421 e. The third-order valence-corrected chi connectivity index (χ3v) is 5.95. The van der Waals surface area contributed by atoms with E-state index < -0.39 is 23.5 Å². The Bertz CT molecular complexity index is 1390. The van der Waals surface area contributed by atoms with Crippen LogP contribution in [0.15, 0.2) is 55.3 Å². The van der Waals surface area contributed by atoms with Crippen molar-refractivity contribution < 1.29 is 27.5 Å². The molecule has 1 aliphatic rings. The highest BCUT2D eigenvalue weighted by Crippen LogP contribution is 2.37. The van der Waals surface area contributed by atoms with Crippen molar-refractivity contribution in [3.8, 4) is 5.75 Å². The Morgan fingerprint density at radius 2 is 1.89 bits per heavy atom. The molecule has 0 saturated carbocycles. The second-order valence-corrected chi connectivity index (χ2v) is 8.44. The third kappa shape index (κ3) is 5.85. The number of aromatic nitrogens is 2. The fourth-order valence-corrected chi connectivity index (χ4v) is 4.09. The van der Waals surface area contributed by atoms with Crippen LogP contribution in [0.1, 0.15) is 23.6 Å². The molecule has 0 atom stereocenters. The van der Waals surface area contributed by atoms with Crippen molar-refractivity contribution in [3.05, 3.63) is 71.9 Å². The number of nitrogens with one attached hydrogen (secondary N) is 3. The highest BCUT2D eigenvalue weighted by atomic mass is 19.4. The number of halogens is 3. The lowest BCUT2D eigenvalue weighted by Crippen LogP contribution is -2.34. The Balaban J connectivity index is 1.67. The lowest BCUT2D eigenvalue weighted by molar-refractivity contribution is -0.137. The van der Waals surface area contributed by atoms with Crippen LogP contribution in [0.5, 0.6) is 5.75 Å². The zero-order chi connectivity index (χ0) is 27.4. The Labute approximate surface area is 216 Å². The quantitative estimate of drug-likeness (QED) is 0.371. The molecular formula is C26H25F3N6O3. The number of nitrogens with zero attached hydrogens (tertiary/aromatic N) is 3. The van der Waals surface area contributed by atoms with Gasteiger partial charge in [0.1, 0.15) is 17.1 Å². The lowest BCUT2D eigenvalue weighted by atomic mass is 9.96. The third-order valence-electron chi connectivity index (χ3n) is 5.95. The van der Waals surface area contributed by atoms with Gasteiger partial charge in [0.15, 0.2) is 0 Å². The molecule has 0 spiro atoms. The Morgan fingerprint density at radius 3 is 2.58 bits per heavy atom. The highest BCUT2D eigenvalue weighted by Gasteiger charge is 2.35. The first-order valence-electron chi connectivity index (χ1n) is 11.5. The zero-order valence-corrected chi connectivity index (χ0v) is 20.6. The summed E-state index contributed by atoms with van der Waals surface area (Å²) in [7, 11) is 1.53. The molecule has 0 bridgehead atoms. The molecule has 2 amide bonds. The number of amides is 2. The predicted octanol–water partition coefficient (Wildman–Crippen LogP) is 5.02. The molecule has 198 valence electrons. The molecule has 2 heterocycles. The van der Waals surface area contributed by atoms with Gasteiger partial charge in [-0.1, -0.05) is 12.6 Å². The fraction of sp³-hybridized carbons (Fsp3) is 0.231. The minimum absolute atomic E-state index is 0.0574. The number of ether oxygens (including phenoxy) is 1. The molecule has 0 radical (unpaired) electrons. The van der Waals surface area contributed by atoms with E-state index >= 15 is 0 Å². The minimum Gasteiger partial charge on any atom is -0.496 e. The van der Waals surface area contributed by atoms with Crippen molar-refractivity contribution >= 4 is 40.6 Å². The van der Waals surface area contributed by atoms with Crippen LogP contribution >= 0.6 is 0 Å². The summed E-state index contributed by atoms with van der Waals surface area (Å²) in [6.45, 7) is 5.71. The number of anilines is 5. The number of rotatable bonds is 7. The molecular weight excluding hydrogens is 501 g/mol. The van der Waals surface area contributed by atoms with Gasteiger partial charge in [-0.15, -0.1) is 0 Å². The Kier molecular flexibility index (Phi) is 7.51. The molecule has 4 rings (SSSR count). The van der Waals surface area contributed by atoms with Gasteiger partial charge in [0, 0.05) is 48.8 Å². The molecule has 9 nitrogen and oxygen atoms in total. The van der Waals surface area contributed by atoms with Crippen LogP contribution in [0.25, 0.3) is 0 Å². The van der Waals surface area contributed by atoms with Crippen LogP contribution < -0.4 is 20.7 Å². The largest absolute Gasteiger partial charge is 0.496 e. The normalized spacial score (nSPS) is 12.8. The highest BCUT2D eigenvalue weighted by molar-refractivity contribution is 5.99. The average Bonchev–Trinajstić information content (AvgIpc) is 2.88. The maximum Gasteiger partial charge on any atom is 0.421 e. The van der Waals surface area contributed by atoms with Crippen LogP contribution in [0.4, 0.5) is 42.0 Å². The summed E-state index contributed by atoms with van der Waals surface area (Å²) in [5.41, 5.74) is 1.85. The van der Waals surface area contributed by atoms with Crippen LogP contribution in [-0.4, -0.2) is 40.3 Å². The van der Waals surface area contributed by atoms with Crippen LogP contribution in [-0.2, 0) is 28.7 Å². The van der Waals surface area contributed by atoms with E-state index in [9.17, 15) is 22.8 Å². The van der Waals surface area contributed by atoms with Gasteiger partial charge in [-0.2, -0.15) is 18.2 Å². The Hall–Kier alpha value is -4.61. The van der Waals surface area contributed by atoms with Gasteiger partial charge in [-0.25, -0.2) is 4.98 Å². The van der Waals surface area contributed by atoms with Gasteiger partial charge in [-0.3, -0.25) is 9.59 Å². The van der Waals surface area contributed by atoms with Crippen molar-refractivity contribution in [2.45, 2.75) is 26.1 Å². The summed E-state index contributed by atoms with van der Waals surface area (Å²) in [6, 6.07) is 9.63. The zero-order valence-electron chi connectivity index (χ0n) is 20.6. The van der Waals surface area contributed by atoms with Crippen molar-refractivity contribution in [2.75, 3.05) is 29.6 Å².